The topological polar surface area (TPSA) is 64.6 Å². The summed E-state index contributed by atoms with van der Waals surface area (Å²) in [5.41, 5.74) is 0.889. The molecule has 0 spiro atoms. The fourth-order valence-corrected chi connectivity index (χ4v) is 1.76. The summed E-state index contributed by atoms with van der Waals surface area (Å²) < 4.78 is 9.78. The van der Waals surface area contributed by atoms with Crippen LogP contribution in [0, 0.1) is 0 Å². The summed E-state index contributed by atoms with van der Waals surface area (Å²) in [6, 6.07) is -0.448. The van der Waals surface area contributed by atoms with Gasteiger partial charge >= 0.3 is 11.9 Å². The number of rotatable bonds is 6. The van der Waals surface area contributed by atoms with Gasteiger partial charge in [-0.1, -0.05) is 20.3 Å². The van der Waals surface area contributed by atoms with Gasteiger partial charge < -0.3 is 9.47 Å². The van der Waals surface area contributed by atoms with Crippen molar-refractivity contribution < 1.29 is 19.1 Å². The molecule has 17 heavy (non-hydrogen) atoms. The molecule has 0 bridgehead atoms. The van der Waals surface area contributed by atoms with Gasteiger partial charge in [0.2, 0.25) is 0 Å². The molecular formula is C12H19NO4. The van der Waals surface area contributed by atoms with E-state index < -0.39 is 12.3 Å². The molecule has 0 fully saturated rings. The molecule has 1 aliphatic rings. The van der Waals surface area contributed by atoms with E-state index in [1.165, 1.54) is 13.2 Å². The minimum Gasteiger partial charge on any atom is -0.468 e. The van der Waals surface area contributed by atoms with Gasteiger partial charge in [0.05, 0.1) is 7.11 Å². The first kappa shape index (κ1) is 13.7. The lowest BCUT2D eigenvalue weighted by Crippen LogP contribution is -2.44. The second kappa shape index (κ2) is 6.39. The Bertz CT molecular complexity index is 324. The summed E-state index contributed by atoms with van der Waals surface area (Å²) in [5.74, 6) is -0.697. The summed E-state index contributed by atoms with van der Waals surface area (Å²) in [4.78, 5) is 22.6. The zero-order valence-corrected chi connectivity index (χ0v) is 10.5. The van der Waals surface area contributed by atoms with Gasteiger partial charge in [-0.2, -0.15) is 0 Å². The average molecular weight is 241 g/mol. The van der Waals surface area contributed by atoms with Gasteiger partial charge in [0, 0.05) is 6.08 Å². The van der Waals surface area contributed by atoms with Gasteiger partial charge in [0.15, 0.2) is 6.23 Å². The van der Waals surface area contributed by atoms with Gasteiger partial charge in [0.25, 0.3) is 0 Å². The first-order valence-corrected chi connectivity index (χ1v) is 5.87. The Morgan fingerprint density at radius 1 is 1.59 bits per heavy atom. The second-order valence-electron chi connectivity index (χ2n) is 3.94. The van der Waals surface area contributed by atoms with E-state index in [1.54, 1.807) is 0 Å². The molecule has 0 saturated heterocycles. The molecule has 0 aliphatic carbocycles. The highest BCUT2D eigenvalue weighted by Crippen LogP contribution is 2.19. The lowest BCUT2D eigenvalue weighted by Gasteiger charge is -2.21. The first-order chi connectivity index (χ1) is 8.12. The number of carbonyl (C=O) groups excluding carboxylic acids is 2. The zero-order chi connectivity index (χ0) is 12.8. The molecule has 1 heterocycles. The number of methoxy groups -OCH3 is 1. The van der Waals surface area contributed by atoms with Crippen molar-refractivity contribution >= 4 is 11.9 Å². The molecule has 1 rings (SSSR count). The third-order valence-electron chi connectivity index (χ3n) is 2.66. The van der Waals surface area contributed by atoms with E-state index in [0.717, 1.165) is 18.4 Å². The summed E-state index contributed by atoms with van der Waals surface area (Å²) in [6.07, 6.45) is 3.29. The largest absolute Gasteiger partial charge is 0.468 e. The van der Waals surface area contributed by atoms with E-state index >= 15 is 0 Å². The van der Waals surface area contributed by atoms with E-state index in [9.17, 15) is 9.59 Å². The maximum Gasteiger partial charge on any atom is 0.332 e. The molecule has 96 valence electrons. The van der Waals surface area contributed by atoms with Crippen molar-refractivity contribution in [3.63, 3.8) is 0 Å². The SMILES string of the molecule is CCCC1=CC(=O)OC1N[C@@H](CC)C(=O)OC. The van der Waals surface area contributed by atoms with Crippen molar-refractivity contribution in [1.29, 1.82) is 0 Å². The van der Waals surface area contributed by atoms with E-state index in [2.05, 4.69) is 10.1 Å². The third kappa shape index (κ3) is 3.56. The lowest BCUT2D eigenvalue weighted by molar-refractivity contribution is -0.147. The number of hydrogen-bond acceptors (Lipinski definition) is 5. The standard InChI is InChI=1S/C12H19NO4/c1-4-6-8-7-10(14)17-11(8)13-9(5-2)12(15)16-3/h7,9,11,13H,4-6H2,1-3H3/t9-,11?/m0/s1. The smallest absolute Gasteiger partial charge is 0.332 e. The monoisotopic (exact) mass is 241 g/mol. The summed E-state index contributed by atoms with van der Waals surface area (Å²) in [7, 11) is 1.34. The fourth-order valence-electron chi connectivity index (χ4n) is 1.76. The van der Waals surface area contributed by atoms with Crippen LogP contribution in [0.15, 0.2) is 11.6 Å². The van der Waals surface area contributed by atoms with E-state index in [-0.39, 0.29) is 11.9 Å². The van der Waals surface area contributed by atoms with E-state index in [4.69, 9.17) is 4.74 Å². The Kier molecular flexibility index (Phi) is 5.15. The molecule has 0 amide bonds. The molecule has 1 unspecified atom stereocenters. The molecule has 1 N–H and O–H groups in total. The first-order valence-electron chi connectivity index (χ1n) is 5.87. The summed E-state index contributed by atoms with van der Waals surface area (Å²) in [6.45, 7) is 3.90. The molecule has 2 atom stereocenters. The summed E-state index contributed by atoms with van der Waals surface area (Å²) in [5, 5.41) is 3.00. The van der Waals surface area contributed by atoms with E-state index in [0.29, 0.717) is 6.42 Å². The van der Waals surface area contributed by atoms with Gasteiger partial charge in [0.1, 0.15) is 6.04 Å². The minimum absolute atomic E-state index is 0.341. The lowest BCUT2D eigenvalue weighted by atomic mass is 10.1. The van der Waals surface area contributed by atoms with Crippen molar-refractivity contribution in [3.05, 3.63) is 11.6 Å². The molecule has 0 saturated carbocycles. The third-order valence-corrected chi connectivity index (χ3v) is 2.66. The number of nitrogens with one attached hydrogen (secondary N) is 1. The number of ether oxygens (including phenoxy) is 2. The Morgan fingerprint density at radius 3 is 2.82 bits per heavy atom. The van der Waals surface area contributed by atoms with Crippen LogP contribution in [0.4, 0.5) is 0 Å². The van der Waals surface area contributed by atoms with Crippen molar-refractivity contribution in [2.45, 2.75) is 45.4 Å². The second-order valence-corrected chi connectivity index (χ2v) is 3.94. The van der Waals surface area contributed by atoms with Crippen LogP contribution in [0.2, 0.25) is 0 Å². The van der Waals surface area contributed by atoms with Gasteiger partial charge in [-0.05, 0) is 18.4 Å². The van der Waals surface area contributed by atoms with Crippen LogP contribution in [0.3, 0.4) is 0 Å². The molecular weight excluding hydrogens is 222 g/mol. The van der Waals surface area contributed by atoms with Gasteiger partial charge in [-0.15, -0.1) is 0 Å². The predicted octanol–water partition coefficient (Wildman–Crippen LogP) is 1.14. The Morgan fingerprint density at radius 2 is 2.29 bits per heavy atom. The fraction of sp³-hybridized carbons (Fsp3) is 0.667. The molecule has 0 aromatic heterocycles. The number of carbonyl (C=O) groups is 2. The van der Waals surface area contributed by atoms with Gasteiger partial charge in [-0.25, -0.2) is 4.79 Å². The van der Waals surface area contributed by atoms with Crippen LogP contribution in [-0.4, -0.2) is 31.3 Å². The molecule has 5 heteroatoms. The average Bonchev–Trinajstić information content (AvgIpc) is 2.66. The normalized spacial score (nSPS) is 20.8. The maximum atomic E-state index is 11.4. The Hall–Kier alpha value is -1.36. The quantitative estimate of drug-likeness (QED) is 0.706. The zero-order valence-electron chi connectivity index (χ0n) is 10.5. The highest BCUT2D eigenvalue weighted by molar-refractivity contribution is 5.86. The highest BCUT2D eigenvalue weighted by Gasteiger charge is 2.29. The molecule has 0 aromatic carbocycles. The Balaban J connectivity index is 2.64. The summed E-state index contributed by atoms with van der Waals surface area (Å²) >= 11 is 0. The van der Waals surface area contributed by atoms with Crippen molar-refractivity contribution in [2.24, 2.45) is 0 Å². The highest BCUT2D eigenvalue weighted by atomic mass is 16.6. The Labute approximate surface area is 101 Å². The van der Waals surface area contributed by atoms with E-state index in [1.807, 2.05) is 13.8 Å². The number of esters is 2. The minimum atomic E-state index is -0.494. The van der Waals surface area contributed by atoms with Crippen molar-refractivity contribution in [2.75, 3.05) is 7.11 Å². The predicted molar refractivity (Wildman–Crippen MR) is 62.1 cm³/mol. The number of hydrogen-bond donors (Lipinski definition) is 1. The van der Waals surface area contributed by atoms with Crippen molar-refractivity contribution in [3.8, 4) is 0 Å². The molecule has 0 radical (unpaired) electrons. The molecule has 5 nitrogen and oxygen atoms in total. The van der Waals surface area contributed by atoms with Crippen LogP contribution in [0.25, 0.3) is 0 Å². The number of cyclic esters (lactones) is 1. The van der Waals surface area contributed by atoms with Crippen LogP contribution in [0.1, 0.15) is 33.1 Å². The van der Waals surface area contributed by atoms with Crippen LogP contribution in [0.5, 0.6) is 0 Å². The van der Waals surface area contributed by atoms with Crippen LogP contribution >= 0.6 is 0 Å². The van der Waals surface area contributed by atoms with Gasteiger partial charge in [-0.3, -0.25) is 10.1 Å². The van der Waals surface area contributed by atoms with Crippen molar-refractivity contribution in [1.82, 2.24) is 5.32 Å². The van der Waals surface area contributed by atoms with Crippen LogP contribution in [-0.2, 0) is 19.1 Å². The molecule has 0 aromatic rings. The molecule has 1 aliphatic heterocycles. The van der Waals surface area contributed by atoms with Crippen LogP contribution < -0.4 is 5.32 Å². The maximum absolute atomic E-state index is 11.4.